The molecule has 9 nitrogen and oxygen atoms in total. The third-order valence-electron chi connectivity index (χ3n) is 4.50. The van der Waals surface area contributed by atoms with Gasteiger partial charge in [0.2, 0.25) is 11.8 Å². The van der Waals surface area contributed by atoms with Gasteiger partial charge in [0.05, 0.1) is 12.8 Å². The molecule has 0 saturated heterocycles. The SMILES string of the molecule is Cc1ccccc1-c1nnc(COc2ccc(NC(=O)CNC(=O)c3ccco3)cc2)o1. The third kappa shape index (κ3) is 5.20. The second kappa shape index (κ2) is 9.61. The fourth-order valence-corrected chi connectivity index (χ4v) is 2.87. The maximum Gasteiger partial charge on any atom is 0.287 e. The lowest BCUT2D eigenvalue weighted by molar-refractivity contribution is -0.115. The minimum atomic E-state index is -0.458. The van der Waals surface area contributed by atoms with E-state index in [0.717, 1.165) is 11.1 Å². The first-order chi connectivity index (χ1) is 15.6. The van der Waals surface area contributed by atoms with Gasteiger partial charge in [-0.05, 0) is 55.0 Å². The summed E-state index contributed by atoms with van der Waals surface area (Å²) in [5.41, 5.74) is 2.49. The minimum absolute atomic E-state index is 0.114. The molecule has 2 amide bonds. The van der Waals surface area contributed by atoms with Crippen LogP contribution in [0.3, 0.4) is 0 Å². The molecule has 162 valence electrons. The average molecular weight is 432 g/mol. The summed E-state index contributed by atoms with van der Waals surface area (Å²) in [6, 6.07) is 17.7. The van der Waals surface area contributed by atoms with Crippen LogP contribution in [0.1, 0.15) is 22.0 Å². The number of hydrogen-bond acceptors (Lipinski definition) is 7. The van der Waals surface area contributed by atoms with Crippen molar-refractivity contribution in [2.45, 2.75) is 13.5 Å². The number of anilines is 1. The van der Waals surface area contributed by atoms with Crippen LogP contribution in [-0.2, 0) is 11.4 Å². The molecule has 4 rings (SSSR count). The molecule has 2 N–H and O–H groups in total. The second-order valence-corrected chi connectivity index (χ2v) is 6.84. The molecular formula is C23H20N4O5. The van der Waals surface area contributed by atoms with Crippen LogP contribution in [-0.4, -0.2) is 28.6 Å². The molecule has 0 unspecified atom stereocenters. The van der Waals surface area contributed by atoms with Crippen molar-refractivity contribution in [2.24, 2.45) is 0 Å². The van der Waals surface area contributed by atoms with Crippen molar-refractivity contribution < 1.29 is 23.2 Å². The number of benzene rings is 2. The zero-order valence-corrected chi connectivity index (χ0v) is 17.2. The van der Waals surface area contributed by atoms with E-state index in [1.54, 1.807) is 30.3 Å². The fraction of sp³-hybridized carbons (Fsp3) is 0.130. The highest BCUT2D eigenvalue weighted by Crippen LogP contribution is 2.22. The molecule has 0 saturated carbocycles. The lowest BCUT2D eigenvalue weighted by atomic mass is 10.1. The molecule has 0 radical (unpaired) electrons. The van der Waals surface area contributed by atoms with E-state index in [1.165, 1.54) is 12.3 Å². The summed E-state index contributed by atoms with van der Waals surface area (Å²) in [5, 5.41) is 13.3. The van der Waals surface area contributed by atoms with Crippen molar-refractivity contribution in [2.75, 3.05) is 11.9 Å². The predicted molar refractivity (Wildman–Crippen MR) is 115 cm³/mol. The third-order valence-corrected chi connectivity index (χ3v) is 4.50. The van der Waals surface area contributed by atoms with E-state index in [-0.39, 0.29) is 24.8 Å². The first-order valence-electron chi connectivity index (χ1n) is 9.81. The van der Waals surface area contributed by atoms with E-state index in [0.29, 0.717) is 23.2 Å². The number of aromatic nitrogens is 2. The van der Waals surface area contributed by atoms with Crippen LogP contribution in [0.4, 0.5) is 5.69 Å². The first kappa shape index (κ1) is 20.9. The fourth-order valence-electron chi connectivity index (χ4n) is 2.87. The summed E-state index contributed by atoms with van der Waals surface area (Å²) in [5.74, 6) is 0.692. The van der Waals surface area contributed by atoms with E-state index in [4.69, 9.17) is 13.6 Å². The Morgan fingerprint density at radius 1 is 1.00 bits per heavy atom. The molecule has 32 heavy (non-hydrogen) atoms. The highest BCUT2D eigenvalue weighted by molar-refractivity contribution is 5.98. The molecule has 2 aromatic heterocycles. The lowest BCUT2D eigenvalue weighted by Crippen LogP contribution is -2.32. The van der Waals surface area contributed by atoms with Crippen LogP contribution in [0.15, 0.2) is 75.8 Å². The topological polar surface area (TPSA) is 119 Å². The van der Waals surface area contributed by atoms with Crippen molar-refractivity contribution in [3.05, 3.63) is 84.1 Å². The van der Waals surface area contributed by atoms with Crippen LogP contribution < -0.4 is 15.4 Å². The van der Waals surface area contributed by atoms with Gasteiger partial charge >= 0.3 is 0 Å². The number of carbonyl (C=O) groups excluding carboxylic acids is 2. The summed E-state index contributed by atoms with van der Waals surface area (Å²) in [4.78, 5) is 23.8. The maximum absolute atomic E-state index is 12.0. The molecule has 2 heterocycles. The van der Waals surface area contributed by atoms with Gasteiger partial charge in [-0.25, -0.2) is 0 Å². The molecular weight excluding hydrogens is 412 g/mol. The Hall–Kier alpha value is -4.40. The maximum atomic E-state index is 12.0. The monoisotopic (exact) mass is 432 g/mol. The smallest absolute Gasteiger partial charge is 0.287 e. The molecule has 0 aliphatic rings. The van der Waals surface area contributed by atoms with Gasteiger partial charge < -0.3 is 24.2 Å². The van der Waals surface area contributed by atoms with Gasteiger partial charge in [-0.1, -0.05) is 18.2 Å². The zero-order chi connectivity index (χ0) is 22.3. The number of rotatable bonds is 8. The Balaban J connectivity index is 1.26. The van der Waals surface area contributed by atoms with Crippen molar-refractivity contribution in [3.8, 4) is 17.2 Å². The molecule has 2 aromatic carbocycles. The van der Waals surface area contributed by atoms with Gasteiger partial charge in [0, 0.05) is 11.3 Å². The van der Waals surface area contributed by atoms with E-state index < -0.39 is 5.91 Å². The summed E-state index contributed by atoms with van der Waals surface area (Å²) in [6.45, 7) is 1.91. The van der Waals surface area contributed by atoms with Gasteiger partial charge in [0.25, 0.3) is 11.8 Å². The zero-order valence-electron chi connectivity index (χ0n) is 17.2. The van der Waals surface area contributed by atoms with E-state index >= 15 is 0 Å². The number of carbonyl (C=O) groups is 2. The number of nitrogens with one attached hydrogen (secondary N) is 2. The quantitative estimate of drug-likeness (QED) is 0.437. The highest BCUT2D eigenvalue weighted by Gasteiger charge is 2.12. The van der Waals surface area contributed by atoms with Crippen LogP contribution in [0.5, 0.6) is 5.75 Å². The molecule has 0 spiro atoms. The second-order valence-electron chi connectivity index (χ2n) is 6.84. The number of furan rings is 1. The van der Waals surface area contributed by atoms with Crippen molar-refractivity contribution in [3.63, 3.8) is 0 Å². The Labute approximate surface area is 183 Å². The van der Waals surface area contributed by atoms with Crippen LogP contribution in [0.25, 0.3) is 11.5 Å². The first-order valence-corrected chi connectivity index (χ1v) is 9.81. The highest BCUT2D eigenvalue weighted by atomic mass is 16.5. The number of hydrogen-bond donors (Lipinski definition) is 2. The number of nitrogens with zero attached hydrogens (tertiary/aromatic N) is 2. The van der Waals surface area contributed by atoms with Crippen molar-refractivity contribution in [1.29, 1.82) is 0 Å². The minimum Gasteiger partial charge on any atom is -0.484 e. The van der Waals surface area contributed by atoms with Crippen LogP contribution in [0, 0.1) is 6.92 Å². The van der Waals surface area contributed by atoms with Gasteiger partial charge in [0.15, 0.2) is 12.4 Å². The molecule has 0 fully saturated rings. The lowest BCUT2D eigenvalue weighted by Gasteiger charge is -2.08. The summed E-state index contributed by atoms with van der Waals surface area (Å²) < 4.78 is 16.3. The number of ether oxygens (including phenoxy) is 1. The molecule has 4 aromatic rings. The van der Waals surface area contributed by atoms with Crippen molar-refractivity contribution >= 4 is 17.5 Å². The average Bonchev–Trinajstić information content (AvgIpc) is 3.50. The summed E-state index contributed by atoms with van der Waals surface area (Å²) in [7, 11) is 0. The van der Waals surface area contributed by atoms with Gasteiger partial charge in [0.1, 0.15) is 5.75 Å². The summed E-state index contributed by atoms with van der Waals surface area (Å²) in [6.07, 6.45) is 1.39. The normalized spacial score (nSPS) is 10.5. The molecule has 0 aliphatic heterocycles. The van der Waals surface area contributed by atoms with E-state index in [1.807, 2.05) is 31.2 Å². The van der Waals surface area contributed by atoms with E-state index in [9.17, 15) is 9.59 Å². The van der Waals surface area contributed by atoms with Crippen LogP contribution in [0.2, 0.25) is 0 Å². The standard InChI is InChI=1S/C23H20N4O5/c1-15-5-2-3-6-18(15)23-27-26-21(32-23)14-31-17-10-8-16(9-11-17)25-20(28)13-24-22(29)19-7-4-12-30-19/h2-12H,13-14H2,1H3,(H,24,29)(H,25,28). The Kier molecular flexibility index (Phi) is 6.26. The van der Waals surface area contributed by atoms with E-state index in [2.05, 4.69) is 20.8 Å². The Morgan fingerprint density at radius 2 is 1.81 bits per heavy atom. The van der Waals surface area contributed by atoms with Gasteiger partial charge in [-0.3, -0.25) is 9.59 Å². The Morgan fingerprint density at radius 3 is 2.56 bits per heavy atom. The summed E-state index contributed by atoms with van der Waals surface area (Å²) >= 11 is 0. The number of amides is 2. The number of aryl methyl sites for hydroxylation is 1. The molecule has 9 heteroatoms. The molecule has 0 atom stereocenters. The van der Waals surface area contributed by atoms with Crippen molar-refractivity contribution in [1.82, 2.24) is 15.5 Å². The largest absolute Gasteiger partial charge is 0.484 e. The Bertz CT molecular complexity index is 1200. The molecule has 0 aliphatic carbocycles. The predicted octanol–water partition coefficient (Wildman–Crippen LogP) is 3.59. The van der Waals surface area contributed by atoms with Gasteiger partial charge in [-0.2, -0.15) is 0 Å². The molecule has 0 bridgehead atoms. The van der Waals surface area contributed by atoms with Crippen LogP contribution >= 0.6 is 0 Å². The van der Waals surface area contributed by atoms with Gasteiger partial charge in [-0.15, -0.1) is 10.2 Å².